The van der Waals surface area contributed by atoms with E-state index in [1.54, 1.807) is 0 Å². The van der Waals surface area contributed by atoms with Crippen LogP contribution in [0.15, 0.2) is 60.9 Å². The van der Waals surface area contributed by atoms with Crippen LogP contribution in [-0.4, -0.2) is 28.5 Å². The number of rotatable bonds is 9. The van der Waals surface area contributed by atoms with Gasteiger partial charge in [-0.15, -0.1) is 0 Å². The van der Waals surface area contributed by atoms with Crippen molar-refractivity contribution < 1.29 is 9.53 Å². The fourth-order valence-electron chi connectivity index (χ4n) is 4.03. The van der Waals surface area contributed by atoms with Gasteiger partial charge in [-0.05, 0) is 54.7 Å². The van der Waals surface area contributed by atoms with Crippen LogP contribution in [0.2, 0.25) is 0 Å². The lowest BCUT2D eigenvalue weighted by atomic mass is 9.96. The van der Waals surface area contributed by atoms with Crippen molar-refractivity contribution in [3.05, 3.63) is 72.1 Å². The highest BCUT2D eigenvalue weighted by molar-refractivity contribution is 5.95. The van der Waals surface area contributed by atoms with E-state index in [4.69, 9.17) is 4.74 Å². The summed E-state index contributed by atoms with van der Waals surface area (Å²) in [5.74, 6) is 1.41. The van der Waals surface area contributed by atoms with E-state index in [0.29, 0.717) is 30.7 Å². The molecule has 1 aliphatic carbocycles. The van der Waals surface area contributed by atoms with Crippen LogP contribution in [0, 0.1) is 0 Å². The topological polar surface area (TPSA) is 76.1 Å². The minimum absolute atomic E-state index is 0.111. The predicted molar refractivity (Wildman–Crippen MR) is 131 cm³/mol. The van der Waals surface area contributed by atoms with Gasteiger partial charge < -0.3 is 15.4 Å². The van der Waals surface area contributed by atoms with Gasteiger partial charge in [-0.25, -0.2) is 9.97 Å². The number of nitrogens with one attached hydrogen (secondary N) is 2. The average Bonchev–Trinajstić information content (AvgIpc) is 2.88. The molecule has 6 nitrogen and oxygen atoms in total. The van der Waals surface area contributed by atoms with Crippen molar-refractivity contribution in [2.75, 3.05) is 11.9 Å². The van der Waals surface area contributed by atoms with Crippen molar-refractivity contribution >= 4 is 11.9 Å². The number of anilines is 1. The number of hydrogen-bond donors (Lipinski definition) is 2. The summed E-state index contributed by atoms with van der Waals surface area (Å²) in [4.78, 5) is 21.7. The van der Waals surface area contributed by atoms with E-state index in [1.165, 1.54) is 32.1 Å². The highest BCUT2D eigenvalue weighted by atomic mass is 16.5. The monoisotopic (exact) mass is 444 g/mol. The second-order valence-corrected chi connectivity index (χ2v) is 8.53. The Labute approximate surface area is 195 Å². The number of carbonyl (C=O) groups excluding carboxylic acids is 1. The van der Waals surface area contributed by atoms with Crippen LogP contribution >= 0.6 is 0 Å². The zero-order valence-corrected chi connectivity index (χ0v) is 19.2. The Balaban J connectivity index is 1.34. The second kappa shape index (κ2) is 11.5. The van der Waals surface area contributed by atoms with Crippen LogP contribution in [0.3, 0.4) is 0 Å². The molecule has 1 aromatic heterocycles. The molecule has 1 fully saturated rings. The highest BCUT2D eigenvalue weighted by Crippen LogP contribution is 2.22. The Morgan fingerprint density at radius 3 is 2.48 bits per heavy atom. The Kier molecular flexibility index (Phi) is 7.90. The van der Waals surface area contributed by atoms with Gasteiger partial charge in [0, 0.05) is 36.1 Å². The normalized spacial score (nSPS) is 14.0. The van der Waals surface area contributed by atoms with Gasteiger partial charge in [0.25, 0.3) is 5.91 Å². The number of benzene rings is 2. The first-order valence-electron chi connectivity index (χ1n) is 11.9. The summed E-state index contributed by atoms with van der Waals surface area (Å²) in [5, 5.41) is 6.43. The third kappa shape index (κ3) is 6.54. The summed E-state index contributed by atoms with van der Waals surface area (Å²) < 4.78 is 5.60. The number of carbonyl (C=O) groups is 1. The van der Waals surface area contributed by atoms with E-state index in [2.05, 4.69) is 27.5 Å². The molecule has 2 aromatic carbocycles. The molecular formula is C27H32N4O2. The third-order valence-corrected chi connectivity index (χ3v) is 5.90. The molecule has 1 saturated carbocycles. The Bertz CT molecular complexity index is 1030. The van der Waals surface area contributed by atoms with Crippen LogP contribution in [0.25, 0.3) is 11.1 Å². The van der Waals surface area contributed by atoms with Crippen LogP contribution in [0.1, 0.15) is 61.4 Å². The molecule has 1 amide bonds. The van der Waals surface area contributed by atoms with Gasteiger partial charge in [-0.2, -0.15) is 0 Å². The van der Waals surface area contributed by atoms with Gasteiger partial charge >= 0.3 is 0 Å². The van der Waals surface area contributed by atoms with Crippen LogP contribution < -0.4 is 15.4 Å². The Hall–Kier alpha value is -3.41. The molecule has 1 heterocycles. The molecule has 0 saturated heterocycles. The van der Waals surface area contributed by atoms with E-state index < -0.39 is 0 Å². The number of nitrogens with zero attached hydrogens (tertiary/aromatic N) is 2. The largest absolute Gasteiger partial charge is 0.494 e. The van der Waals surface area contributed by atoms with Crippen molar-refractivity contribution in [1.82, 2.24) is 15.3 Å². The standard InChI is InChI=1S/C27H32N4O2/c1-2-15-33-25-13-11-20(12-14-25)17-28-26(32)22-8-6-7-21(16-22)23-18-29-27(30-19-23)31-24-9-4-3-5-10-24/h6-8,11-14,16,18-19,24H,2-5,9-10,15,17H2,1H3,(H,28,32)(H,29,30,31). The molecule has 4 rings (SSSR count). The minimum atomic E-state index is -0.111. The average molecular weight is 445 g/mol. The molecule has 0 bridgehead atoms. The van der Waals surface area contributed by atoms with Crippen molar-refractivity contribution in [2.24, 2.45) is 0 Å². The van der Waals surface area contributed by atoms with Gasteiger partial charge in [0.15, 0.2) is 0 Å². The molecule has 1 aliphatic rings. The first-order valence-corrected chi connectivity index (χ1v) is 11.9. The summed E-state index contributed by atoms with van der Waals surface area (Å²) in [6.45, 7) is 3.25. The molecule has 0 aliphatic heterocycles. The van der Waals surface area contributed by atoms with Crippen LogP contribution in [0.4, 0.5) is 5.95 Å². The van der Waals surface area contributed by atoms with Crippen molar-refractivity contribution in [2.45, 2.75) is 58.0 Å². The number of ether oxygens (including phenoxy) is 1. The van der Waals surface area contributed by atoms with Gasteiger partial charge in [0.05, 0.1) is 6.61 Å². The molecule has 6 heteroatoms. The molecule has 2 N–H and O–H groups in total. The Morgan fingerprint density at radius 1 is 1.00 bits per heavy atom. The van der Waals surface area contributed by atoms with Crippen molar-refractivity contribution in [3.63, 3.8) is 0 Å². The zero-order chi connectivity index (χ0) is 22.9. The van der Waals surface area contributed by atoms with E-state index in [9.17, 15) is 4.79 Å². The fraction of sp³-hybridized carbons (Fsp3) is 0.370. The van der Waals surface area contributed by atoms with Crippen molar-refractivity contribution in [1.29, 1.82) is 0 Å². The second-order valence-electron chi connectivity index (χ2n) is 8.53. The quantitative estimate of drug-likeness (QED) is 0.449. The number of amides is 1. The summed E-state index contributed by atoms with van der Waals surface area (Å²) in [6.07, 6.45) is 10.8. The molecule has 0 atom stereocenters. The predicted octanol–water partition coefficient (Wildman–Crippen LogP) is 5.61. The smallest absolute Gasteiger partial charge is 0.251 e. The minimum Gasteiger partial charge on any atom is -0.494 e. The summed E-state index contributed by atoms with van der Waals surface area (Å²) in [6, 6.07) is 15.8. The van der Waals surface area contributed by atoms with Crippen molar-refractivity contribution in [3.8, 4) is 16.9 Å². The first-order chi connectivity index (χ1) is 16.2. The summed E-state index contributed by atoms with van der Waals surface area (Å²) >= 11 is 0. The maximum atomic E-state index is 12.7. The maximum absolute atomic E-state index is 12.7. The lowest BCUT2D eigenvalue weighted by Crippen LogP contribution is -2.23. The van der Waals surface area contributed by atoms with E-state index in [0.717, 1.165) is 28.9 Å². The van der Waals surface area contributed by atoms with E-state index in [-0.39, 0.29) is 5.91 Å². The van der Waals surface area contributed by atoms with Gasteiger partial charge in [0.1, 0.15) is 5.75 Å². The third-order valence-electron chi connectivity index (χ3n) is 5.90. The lowest BCUT2D eigenvalue weighted by Gasteiger charge is -2.22. The Morgan fingerprint density at radius 2 is 1.76 bits per heavy atom. The molecule has 3 aromatic rings. The van der Waals surface area contributed by atoms with Gasteiger partial charge in [-0.3, -0.25) is 4.79 Å². The molecule has 0 radical (unpaired) electrons. The lowest BCUT2D eigenvalue weighted by molar-refractivity contribution is 0.0951. The molecule has 172 valence electrons. The summed E-state index contributed by atoms with van der Waals surface area (Å²) in [7, 11) is 0. The molecule has 0 spiro atoms. The fourth-order valence-corrected chi connectivity index (χ4v) is 4.03. The van der Waals surface area contributed by atoms with Gasteiger partial charge in [0.2, 0.25) is 5.95 Å². The SMILES string of the molecule is CCCOc1ccc(CNC(=O)c2cccc(-c3cnc(NC4CCCCC4)nc3)c2)cc1. The van der Waals surface area contributed by atoms with Crippen LogP contribution in [-0.2, 0) is 6.54 Å². The molecule has 0 unspecified atom stereocenters. The maximum Gasteiger partial charge on any atom is 0.251 e. The highest BCUT2D eigenvalue weighted by Gasteiger charge is 2.14. The first kappa shape index (κ1) is 22.8. The molecule has 33 heavy (non-hydrogen) atoms. The zero-order valence-electron chi connectivity index (χ0n) is 19.2. The van der Waals surface area contributed by atoms with E-state index >= 15 is 0 Å². The number of hydrogen-bond acceptors (Lipinski definition) is 5. The van der Waals surface area contributed by atoms with Crippen LogP contribution in [0.5, 0.6) is 5.75 Å². The molecular weight excluding hydrogens is 412 g/mol. The van der Waals surface area contributed by atoms with Gasteiger partial charge in [-0.1, -0.05) is 50.5 Å². The van der Waals surface area contributed by atoms with E-state index in [1.807, 2.05) is 60.9 Å². The summed E-state index contributed by atoms with van der Waals surface area (Å²) in [5.41, 5.74) is 3.45. The number of aromatic nitrogens is 2.